The van der Waals surface area contributed by atoms with Crippen LogP contribution in [0, 0.1) is 19.8 Å². The second-order valence-electron chi connectivity index (χ2n) is 6.95. The van der Waals surface area contributed by atoms with Crippen LogP contribution in [-0.4, -0.2) is 24.5 Å². The molecule has 1 N–H and O–H groups in total. The summed E-state index contributed by atoms with van der Waals surface area (Å²) in [6.07, 6.45) is 3.28. The number of aryl methyl sites for hydroxylation is 1. The van der Waals surface area contributed by atoms with Crippen molar-refractivity contribution < 1.29 is 14.3 Å². The molecular formula is C19H26ClNO3. The summed E-state index contributed by atoms with van der Waals surface area (Å²) in [5.41, 5.74) is 1.97. The number of hydrogen-bond donors (Lipinski definition) is 1. The number of carbonyl (C=O) groups excluding carboxylic acids is 2. The van der Waals surface area contributed by atoms with Gasteiger partial charge in [-0.05, 0) is 68.2 Å². The molecule has 24 heavy (non-hydrogen) atoms. The van der Waals surface area contributed by atoms with Gasteiger partial charge in [0.05, 0.1) is 13.5 Å². The fraction of sp³-hybridized carbons (Fsp3) is 0.579. The van der Waals surface area contributed by atoms with Crippen LogP contribution < -0.4 is 5.32 Å². The first-order valence-corrected chi connectivity index (χ1v) is 8.81. The lowest BCUT2D eigenvalue weighted by Gasteiger charge is -2.37. The predicted molar refractivity (Wildman–Crippen MR) is 95.2 cm³/mol. The molecule has 0 radical (unpaired) electrons. The van der Waals surface area contributed by atoms with E-state index in [0.717, 1.165) is 29.5 Å². The van der Waals surface area contributed by atoms with Crippen molar-refractivity contribution in [2.75, 3.05) is 7.11 Å². The van der Waals surface area contributed by atoms with Crippen molar-refractivity contribution >= 4 is 23.5 Å². The lowest BCUT2D eigenvalue weighted by molar-refractivity contribution is -0.153. The minimum Gasteiger partial charge on any atom is -0.467 e. The van der Waals surface area contributed by atoms with Gasteiger partial charge in [0.15, 0.2) is 0 Å². The maximum Gasteiger partial charge on any atom is 0.331 e. The molecule has 1 amide bonds. The maximum absolute atomic E-state index is 12.6. The van der Waals surface area contributed by atoms with E-state index in [-0.39, 0.29) is 18.3 Å². The van der Waals surface area contributed by atoms with Crippen LogP contribution in [0.25, 0.3) is 0 Å². The Morgan fingerprint density at radius 1 is 1.29 bits per heavy atom. The van der Waals surface area contributed by atoms with E-state index in [1.165, 1.54) is 7.11 Å². The summed E-state index contributed by atoms with van der Waals surface area (Å²) in [4.78, 5) is 25.0. The molecule has 2 rings (SSSR count). The van der Waals surface area contributed by atoms with Gasteiger partial charge in [-0.1, -0.05) is 24.6 Å². The quantitative estimate of drug-likeness (QED) is 0.841. The number of nitrogens with one attached hydrogen (secondary N) is 1. The fourth-order valence-electron chi connectivity index (χ4n) is 3.44. The Balaban J connectivity index is 2.17. The number of carbonyl (C=O) groups is 2. The summed E-state index contributed by atoms with van der Waals surface area (Å²) in [6, 6.07) is 3.75. The fourth-order valence-corrected chi connectivity index (χ4v) is 3.61. The average molecular weight is 352 g/mol. The lowest BCUT2D eigenvalue weighted by atomic mass is 9.77. The van der Waals surface area contributed by atoms with Crippen molar-refractivity contribution in [3.8, 4) is 0 Å². The third-order valence-corrected chi connectivity index (χ3v) is 5.60. The second-order valence-corrected chi connectivity index (χ2v) is 7.36. The van der Waals surface area contributed by atoms with E-state index in [1.54, 1.807) is 0 Å². The largest absolute Gasteiger partial charge is 0.467 e. The van der Waals surface area contributed by atoms with Crippen molar-refractivity contribution in [3.63, 3.8) is 0 Å². The van der Waals surface area contributed by atoms with Crippen molar-refractivity contribution in [1.82, 2.24) is 5.32 Å². The van der Waals surface area contributed by atoms with Gasteiger partial charge in [0.2, 0.25) is 5.91 Å². The van der Waals surface area contributed by atoms with E-state index in [4.69, 9.17) is 16.3 Å². The predicted octanol–water partition coefficient (Wildman–Crippen LogP) is 3.74. The van der Waals surface area contributed by atoms with Crippen molar-refractivity contribution in [3.05, 3.63) is 33.8 Å². The third kappa shape index (κ3) is 3.92. The van der Waals surface area contributed by atoms with E-state index in [2.05, 4.69) is 12.2 Å². The monoisotopic (exact) mass is 351 g/mol. The summed E-state index contributed by atoms with van der Waals surface area (Å²) >= 11 is 6.17. The van der Waals surface area contributed by atoms with Gasteiger partial charge < -0.3 is 10.1 Å². The summed E-state index contributed by atoms with van der Waals surface area (Å²) in [5.74, 6) is 0.0582. The summed E-state index contributed by atoms with van der Waals surface area (Å²) in [5, 5.41) is 3.62. The molecule has 1 saturated carbocycles. The van der Waals surface area contributed by atoms with Crippen LogP contribution in [0.5, 0.6) is 0 Å². The number of benzene rings is 1. The Hall–Kier alpha value is -1.55. The number of rotatable bonds is 4. The van der Waals surface area contributed by atoms with Crippen molar-refractivity contribution in [2.45, 2.75) is 58.4 Å². The molecule has 1 aromatic carbocycles. The number of amides is 1. The molecule has 0 spiro atoms. The van der Waals surface area contributed by atoms with Crippen LogP contribution in [0.3, 0.4) is 0 Å². The summed E-state index contributed by atoms with van der Waals surface area (Å²) in [7, 11) is 1.37. The normalized spacial score (nSPS) is 23.6. The van der Waals surface area contributed by atoms with Gasteiger partial charge in [0.1, 0.15) is 5.54 Å². The maximum atomic E-state index is 12.6. The van der Waals surface area contributed by atoms with Gasteiger partial charge in [-0.25, -0.2) is 4.79 Å². The second kappa shape index (κ2) is 7.56. The van der Waals surface area contributed by atoms with E-state index < -0.39 is 5.54 Å². The van der Waals surface area contributed by atoms with Crippen LogP contribution >= 0.6 is 11.6 Å². The smallest absolute Gasteiger partial charge is 0.331 e. The summed E-state index contributed by atoms with van der Waals surface area (Å²) in [6.45, 7) is 6.04. The van der Waals surface area contributed by atoms with Gasteiger partial charge >= 0.3 is 5.97 Å². The first-order valence-electron chi connectivity index (χ1n) is 8.43. The van der Waals surface area contributed by atoms with Crippen LogP contribution in [0.4, 0.5) is 0 Å². The van der Waals surface area contributed by atoms with Gasteiger partial charge in [-0.15, -0.1) is 0 Å². The first kappa shape index (κ1) is 18.8. The molecular weight excluding hydrogens is 326 g/mol. The molecule has 0 aliphatic heterocycles. The molecule has 0 unspecified atom stereocenters. The molecule has 0 atom stereocenters. The van der Waals surface area contributed by atoms with E-state index in [0.29, 0.717) is 23.8 Å². The van der Waals surface area contributed by atoms with E-state index in [9.17, 15) is 9.59 Å². The highest BCUT2D eigenvalue weighted by atomic mass is 35.5. The van der Waals surface area contributed by atoms with Crippen molar-refractivity contribution in [2.24, 2.45) is 5.92 Å². The molecule has 1 aliphatic rings. The highest BCUT2D eigenvalue weighted by Crippen LogP contribution is 2.33. The summed E-state index contributed by atoms with van der Waals surface area (Å²) < 4.78 is 4.97. The first-order chi connectivity index (χ1) is 11.3. The Bertz CT molecular complexity index is 634. The average Bonchev–Trinajstić information content (AvgIpc) is 2.56. The Labute approximate surface area is 148 Å². The van der Waals surface area contributed by atoms with E-state index in [1.807, 2.05) is 26.0 Å². The Morgan fingerprint density at radius 3 is 2.50 bits per heavy atom. The molecule has 0 saturated heterocycles. The Kier molecular flexibility index (Phi) is 5.92. The van der Waals surface area contributed by atoms with Crippen LogP contribution in [0.1, 0.15) is 49.3 Å². The van der Waals surface area contributed by atoms with Crippen molar-refractivity contribution in [1.29, 1.82) is 0 Å². The van der Waals surface area contributed by atoms with E-state index >= 15 is 0 Å². The molecule has 0 heterocycles. The molecule has 132 valence electrons. The number of methoxy groups -OCH3 is 1. The number of ether oxygens (including phenoxy) is 1. The minimum atomic E-state index is -0.890. The molecule has 1 aromatic rings. The highest BCUT2D eigenvalue weighted by molar-refractivity contribution is 6.31. The van der Waals surface area contributed by atoms with Crippen LogP contribution in [-0.2, 0) is 20.7 Å². The highest BCUT2D eigenvalue weighted by Gasteiger charge is 2.43. The molecule has 5 heteroatoms. The number of hydrogen-bond acceptors (Lipinski definition) is 3. The van der Waals surface area contributed by atoms with Gasteiger partial charge in [0.25, 0.3) is 0 Å². The molecule has 1 aliphatic carbocycles. The standard InChI is InChI=1S/C19H26ClNO3/c1-12-7-9-19(10-8-12,18(23)24-4)21-17(22)11-15-13(2)5-6-16(20)14(15)3/h5-6,12H,7-11H2,1-4H3,(H,21,22). The molecule has 0 aromatic heterocycles. The topological polar surface area (TPSA) is 55.4 Å². The third-order valence-electron chi connectivity index (χ3n) is 5.19. The van der Waals surface area contributed by atoms with Crippen LogP contribution in [0.15, 0.2) is 12.1 Å². The van der Waals surface area contributed by atoms with Gasteiger partial charge in [-0.2, -0.15) is 0 Å². The molecule has 1 fully saturated rings. The Morgan fingerprint density at radius 2 is 1.92 bits per heavy atom. The minimum absolute atomic E-state index is 0.164. The molecule has 0 bridgehead atoms. The van der Waals surface area contributed by atoms with Crippen LogP contribution in [0.2, 0.25) is 5.02 Å². The zero-order valence-electron chi connectivity index (χ0n) is 14.9. The lowest BCUT2D eigenvalue weighted by Crippen LogP contribution is -2.57. The van der Waals surface area contributed by atoms with Gasteiger partial charge in [0, 0.05) is 5.02 Å². The SMILES string of the molecule is COC(=O)C1(NC(=O)Cc2c(C)ccc(Cl)c2C)CCC(C)CC1. The zero-order valence-corrected chi connectivity index (χ0v) is 15.6. The number of esters is 1. The zero-order chi connectivity index (χ0) is 17.9. The number of halogens is 1. The van der Waals surface area contributed by atoms with Gasteiger partial charge in [-0.3, -0.25) is 4.79 Å². The molecule has 4 nitrogen and oxygen atoms in total.